The van der Waals surface area contributed by atoms with Crippen LogP contribution in [0.25, 0.3) is 11.0 Å². The van der Waals surface area contributed by atoms with Crippen molar-refractivity contribution in [3.05, 3.63) is 68.7 Å². The maximum Gasteiger partial charge on any atom is 0.314 e. The second-order valence-corrected chi connectivity index (χ2v) is 8.60. The quantitative estimate of drug-likeness (QED) is 0.515. The van der Waals surface area contributed by atoms with E-state index in [4.69, 9.17) is 4.74 Å². The molecule has 0 bridgehead atoms. The van der Waals surface area contributed by atoms with E-state index in [0.29, 0.717) is 29.9 Å². The molecule has 0 unspecified atom stereocenters. The average molecular weight is 430 g/mol. The fraction of sp³-hybridized carbons (Fsp3) is 0.211. The van der Waals surface area contributed by atoms with Gasteiger partial charge in [0.15, 0.2) is 0 Å². The molecule has 1 amide bonds. The molecule has 0 aliphatic carbocycles. The number of fused-ring (bicyclic) bond motifs is 1. The predicted molar refractivity (Wildman–Crippen MR) is 109 cm³/mol. The van der Waals surface area contributed by atoms with Crippen LogP contribution in [-0.2, 0) is 14.8 Å². The lowest BCUT2D eigenvalue weighted by atomic mass is 10.1. The van der Waals surface area contributed by atoms with Crippen molar-refractivity contribution < 1.29 is 17.9 Å². The van der Waals surface area contributed by atoms with E-state index < -0.39 is 27.0 Å². The number of benzene rings is 2. The smallest absolute Gasteiger partial charge is 0.314 e. The molecule has 0 saturated carbocycles. The number of sulfonamides is 1. The summed E-state index contributed by atoms with van der Waals surface area (Å²) in [6, 6.07) is 10.4. The summed E-state index contributed by atoms with van der Waals surface area (Å²) in [4.78, 5) is 40.4. The zero-order valence-electron chi connectivity index (χ0n) is 15.7. The summed E-state index contributed by atoms with van der Waals surface area (Å²) in [6.45, 7) is 1.22. The minimum Gasteiger partial charge on any atom is -0.379 e. The van der Waals surface area contributed by atoms with Gasteiger partial charge in [-0.05, 0) is 36.4 Å². The van der Waals surface area contributed by atoms with Crippen molar-refractivity contribution in [3.8, 4) is 0 Å². The number of amides is 1. The van der Waals surface area contributed by atoms with E-state index in [1.54, 1.807) is 12.1 Å². The van der Waals surface area contributed by atoms with Crippen molar-refractivity contribution in [1.29, 1.82) is 0 Å². The van der Waals surface area contributed by atoms with Gasteiger partial charge in [-0.2, -0.15) is 4.31 Å². The topological polar surface area (TPSA) is 141 Å². The Morgan fingerprint density at radius 1 is 0.967 bits per heavy atom. The Morgan fingerprint density at radius 3 is 2.40 bits per heavy atom. The normalized spacial score (nSPS) is 15.2. The minimum atomic E-state index is -3.69. The van der Waals surface area contributed by atoms with Gasteiger partial charge in [0.1, 0.15) is 0 Å². The molecule has 1 saturated heterocycles. The molecule has 2 heterocycles. The highest BCUT2D eigenvalue weighted by Crippen LogP contribution is 2.21. The Balaban J connectivity index is 1.59. The molecule has 3 N–H and O–H groups in total. The highest BCUT2D eigenvalue weighted by Gasteiger charge is 2.26. The van der Waals surface area contributed by atoms with E-state index in [9.17, 15) is 22.8 Å². The summed E-state index contributed by atoms with van der Waals surface area (Å²) < 4.78 is 32.1. The van der Waals surface area contributed by atoms with Gasteiger partial charge < -0.3 is 20.0 Å². The fourth-order valence-corrected chi connectivity index (χ4v) is 4.58. The van der Waals surface area contributed by atoms with E-state index >= 15 is 0 Å². The van der Waals surface area contributed by atoms with E-state index in [2.05, 4.69) is 15.3 Å². The second-order valence-electron chi connectivity index (χ2n) is 6.67. The van der Waals surface area contributed by atoms with Gasteiger partial charge in [0, 0.05) is 24.3 Å². The van der Waals surface area contributed by atoms with Crippen LogP contribution in [0.4, 0.5) is 5.69 Å². The number of aromatic amines is 2. The zero-order chi connectivity index (χ0) is 21.3. The lowest BCUT2D eigenvalue weighted by Gasteiger charge is -2.26. The first kappa shape index (κ1) is 20.0. The van der Waals surface area contributed by atoms with Crippen LogP contribution in [0.3, 0.4) is 0 Å². The monoisotopic (exact) mass is 430 g/mol. The third-order valence-corrected chi connectivity index (χ3v) is 6.58. The molecule has 30 heavy (non-hydrogen) atoms. The Kier molecular flexibility index (Phi) is 5.24. The largest absolute Gasteiger partial charge is 0.379 e. The molecular formula is C19H18N4O6S. The molecule has 10 nitrogen and oxygen atoms in total. The van der Waals surface area contributed by atoms with E-state index in [1.165, 1.54) is 34.6 Å². The van der Waals surface area contributed by atoms with E-state index in [-0.39, 0.29) is 23.5 Å². The molecule has 3 aromatic rings. The number of ether oxygens (including phenoxy) is 1. The van der Waals surface area contributed by atoms with Gasteiger partial charge in [-0.25, -0.2) is 8.42 Å². The van der Waals surface area contributed by atoms with Crippen LogP contribution < -0.4 is 16.4 Å². The Morgan fingerprint density at radius 2 is 1.67 bits per heavy atom. The summed E-state index contributed by atoms with van der Waals surface area (Å²) in [5.74, 6) is -0.495. The number of hydrogen-bond acceptors (Lipinski definition) is 6. The summed E-state index contributed by atoms with van der Waals surface area (Å²) >= 11 is 0. The number of nitrogens with one attached hydrogen (secondary N) is 3. The summed E-state index contributed by atoms with van der Waals surface area (Å²) in [5, 5.41) is 2.65. The van der Waals surface area contributed by atoms with Crippen LogP contribution in [0, 0.1) is 0 Å². The maximum atomic E-state index is 12.8. The maximum absolute atomic E-state index is 12.8. The Hall–Kier alpha value is -3.28. The molecular weight excluding hydrogens is 412 g/mol. The number of aromatic nitrogens is 2. The van der Waals surface area contributed by atoms with Crippen molar-refractivity contribution in [1.82, 2.24) is 14.3 Å². The van der Waals surface area contributed by atoms with Crippen molar-refractivity contribution in [2.24, 2.45) is 0 Å². The third kappa shape index (κ3) is 3.90. The second kappa shape index (κ2) is 7.86. The number of morpholine rings is 1. The van der Waals surface area contributed by atoms with Crippen LogP contribution in [0.2, 0.25) is 0 Å². The number of nitrogens with zero attached hydrogens (tertiary/aromatic N) is 1. The minimum absolute atomic E-state index is 0.0719. The van der Waals surface area contributed by atoms with Crippen molar-refractivity contribution in [2.45, 2.75) is 4.90 Å². The molecule has 2 aromatic carbocycles. The summed E-state index contributed by atoms with van der Waals surface area (Å²) in [7, 11) is -3.69. The Bertz CT molecular complexity index is 1340. The third-order valence-electron chi connectivity index (χ3n) is 4.68. The van der Waals surface area contributed by atoms with Crippen LogP contribution in [0.5, 0.6) is 0 Å². The van der Waals surface area contributed by atoms with Gasteiger partial charge in [-0.1, -0.05) is 6.07 Å². The first-order valence-corrected chi connectivity index (χ1v) is 10.5. The van der Waals surface area contributed by atoms with Gasteiger partial charge in [0.25, 0.3) is 5.91 Å². The standard InChI is InChI=1S/C19H18N4O6S/c24-17(12-4-5-15-16(10-12)22-19(26)18(25)21-15)20-13-2-1-3-14(11-13)30(27,28)23-6-8-29-9-7-23/h1-5,10-11H,6-9H2,(H,20,24)(H,21,25)(H,22,26). The van der Waals surface area contributed by atoms with Gasteiger partial charge in [-0.3, -0.25) is 14.4 Å². The van der Waals surface area contributed by atoms with Gasteiger partial charge in [-0.15, -0.1) is 0 Å². The molecule has 11 heteroatoms. The highest BCUT2D eigenvalue weighted by atomic mass is 32.2. The lowest BCUT2D eigenvalue weighted by molar-refractivity contribution is 0.0730. The average Bonchev–Trinajstić information content (AvgIpc) is 2.75. The summed E-state index contributed by atoms with van der Waals surface area (Å²) in [5.41, 5.74) is -0.374. The van der Waals surface area contributed by atoms with Gasteiger partial charge in [0.2, 0.25) is 10.0 Å². The molecule has 0 atom stereocenters. The zero-order valence-corrected chi connectivity index (χ0v) is 16.5. The molecule has 1 aromatic heterocycles. The number of H-pyrrole nitrogens is 2. The fourth-order valence-electron chi connectivity index (χ4n) is 3.13. The number of anilines is 1. The first-order chi connectivity index (χ1) is 14.3. The SMILES string of the molecule is O=C(Nc1cccc(S(=O)(=O)N2CCOCC2)c1)c1ccc2[nH]c(=O)c(=O)[nH]c2c1. The number of rotatable bonds is 4. The van der Waals surface area contributed by atoms with E-state index in [1.807, 2.05) is 0 Å². The highest BCUT2D eigenvalue weighted by molar-refractivity contribution is 7.89. The van der Waals surface area contributed by atoms with Crippen LogP contribution in [0.1, 0.15) is 10.4 Å². The van der Waals surface area contributed by atoms with Crippen molar-refractivity contribution in [2.75, 3.05) is 31.6 Å². The van der Waals surface area contributed by atoms with Crippen molar-refractivity contribution in [3.63, 3.8) is 0 Å². The van der Waals surface area contributed by atoms with Crippen LogP contribution in [0.15, 0.2) is 56.9 Å². The van der Waals surface area contributed by atoms with Crippen LogP contribution in [-0.4, -0.2) is 54.9 Å². The molecule has 1 fully saturated rings. The van der Waals surface area contributed by atoms with Gasteiger partial charge >= 0.3 is 11.1 Å². The summed E-state index contributed by atoms with van der Waals surface area (Å²) in [6.07, 6.45) is 0. The number of carbonyl (C=O) groups is 1. The molecule has 4 rings (SSSR count). The molecule has 0 radical (unpaired) electrons. The lowest BCUT2D eigenvalue weighted by Crippen LogP contribution is -2.40. The molecule has 156 valence electrons. The molecule has 1 aliphatic rings. The first-order valence-electron chi connectivity index (χ1n) is 9.10. The number of hydrogen-bond donors (Lipinski definition) is 3. The van der Waals surface area contributed by atoms with Crippen molar-refractivity contribution >= 4 is 32.7 Å². The van der Waals surface area contributed by atoms with Crippen LogP contribution >= 0.6 is 0 Å². The number of carbonyl (C=O) groups excluding carboxylic acids is 1. The Labute approximate surface area is 170 Å². The van der Waals surface area contributed by atoms with Gasteiger partial charge in [0.05, 0.1) is 29.1 Å². The predicted octanol–water partition coefficient (Wildman–Crippen LogP) is 0.490. The molecule has 0 spiro atoms. The molecule has 1 aliphatic heterocycles. The van der Waals surface area contributed by atoms with E-state index in [0.717, 1.165) is 0 Å².